The van der Waals surface area contributed by atoms with Crippen molar-refractivity contribution in [1.29, 1.82) is 0 Å². The Balaban J connectivity index is 1.39. The Morgan fingerprint density at radius 1 is 1.17 bits per heavy atom. The quantitative estimate of drug-likeness (QED) is 0.543. The normalized spacial score (nSPS) is 48.6. The molecule has 3 fully saturated rings. The van der Waals surface area contributed by atoms with Crippen molar-refractivity contribution in [3.63, 3.8) is 0 Å². The Bertz CT molecular complexity index is 824. The summed E-state index contributed by atoms with van der Waals surface area (Å²) in [5.41, 5.74) is 2.30. The summed E-state index contributed by atoms with van der Waals surface area (Å²) in [7, 11) is 0. The van der Waals surface area contributed by atoms with Gasteiger partial charge in [-0.3, -0.25) is 9.59 Å². The van der Waals surface area contributed by atoms with Crippen molar-refractivity contribution < 1.29 is 14.3 Å². The van der Waals surface area contributed by atoms with Crippen molar-refractivity contribution in [3.05, 3.63) is 23.8 Å². The van der Waals surface area contributed by atoms with E-state index in [4.69, 9.17) is 4.74 Å². The van der Waals surface area contributed by atoms with Crippen LogP contribution in [0.3, 0.4) is 0 Å². The zero-order chi connectivity index (χ0) is 21.3. The van der Waals surface area contributed by atoms with E-state index in [-0.39, 0.29) is 11.4 Å². The third-order valence-corrected chi connectivity index (χ3v) is 10.8. The molecule has 0 aromatic heterocycles. The lowest BCUT2D eigenvalue weighted by Crippen LogP contribution is -2.49. The maximum Gasteiger partial charge on any atom is 0.305 e. The average Bonchev–Trinajstić information content (AvgIpc) is 3.15. The molecule has 0 bridgehead atoms. The highest BCUT2D eigenvalue weighted by Crippen LogP contribution is 2.81. The van der Waals surface area contributed by atoms with Crippen LogP contribution >= 0.6 is 0 Å². The highest BCUT2D eigenvalue weighted by Gasteiger charge is 2.75. The molecule has 3 heteroatoms. The third kappa shape index (κ3) is 2.56. The molecule has 0 N–H and O–H groups in total. The fourth-order valence-corrected chi connectivity index (χ4v) is 9.21. The first-order valence-corrected chi connectivity index (χ1v) is 12.4. The molecule has 30 heavy (non-hydrogen) atoms. The van der Waals surface area contributed by atoms with Crippen LogP contribution in [0.15, 0.2) is 23.8 Å². The Morgan fingerprint density at radius 2 is 1.93 bits per heavy atom. The number of carbonyl (C=O) groups excluding carboxylic acids is 2. The van der Waals surface area contributed by atoms with Crippen LogP contribution in [0.5, 0.6) is 0 Å². The lowest BCUT2D eigenvalue weighted by Gasteiger charge is -2.56. The van der Waals surface area contributed by atoms with E-state index in [2.05, 4.69) is 32.9 Å². The lowest BCUT2D eigenvalue weighted by molar-refractivity contribution is -0.143. The van der Waals surface area contributed by atoms with Gasteiger partial charge in [0.15, 0.2) is 5.78 Å². The van der Waals surface area contributed by atoms with Crippen LogP contribution in [-0.4, -0.2) is 18.4 Å². The predicted octanol–water partition coefficient (Wildman–Crippen LogP) is 5.89. The smallest absolute Gasteiger partial charge is 0.305 e. The van der Waals surface area contributed by atoms with Gasteiger partial charge in [0.25, 0.3) is 0 Å². The number of hydrogen-bond donors (Lipinski definition) is 0. The number of allylic oxidation sites excluding steroid dienone is 4. The molecule has 0 aromatic carbocycles. The number of ketones is 1. The van der Waals surface area contributed by atoms with Gasteiger partial charge in [0.05, 0.1) is 6.61 Å². The monoisotopic (exact) mass is 410 g/mol. The minimum Gasteiger partial charge on any atom is -0.466 e. The highest BCUT2D eigenvalue weighted by atomic mass is 16.5. The van der Waals surface area contributed by atoms with Gasteiger partial charge >= 0.3 is 5.97 Å². The summed E-state index contributed by atoms with van der Waals surface area (Å²) < 4.78 is 5.20. The summed E-state index contributed by atoms with van der Waals surface area (Å²) >= 11 is 0. The van der Waals surface area contributed by atoms with Gasteiger partial charge in [0, 0.05) is 12.8 Å². The number of ether oxygens (including phenoxy) is 1. The van der Waals surface area contributed by atoms with Gasteiger partial charge in [-0.2, -0.15) is 0 Å². The Hall–Kier alpha value is -1.38. The van der Waals surface area contributed by atoms with Crippen molar-refractivity contribution in [2.45, 2.75) is 79.1 Å². The molecule has 0 radical (unpaired) electrons. The summed E-state index contributed by atoms with van der Waals surface area (Å²) in [6.45, 7) is 9.85. The minimum atomic E-state index is -0.0236. The number of esters is 1. The zero-order valence-electron chi connectivity index (χ0n) is 19.2. The molecule has 3 nitrogen and oxygen atoms in total. The predicted molar refractivity (Wildman–Crippen MR) is 118 cm³/mol. The molecule has 5 aliphatic rings. The topological polar surface area (TPSA) is 43.4 Å². The number of fused-ring (bicyclic) bond motifs is 6. The summed E-state index contributed by atoms with van der Waals surface area (Å²) in [6, 6.07) is 0. The van der Waals surface area contributed by atoms with Crippen LogP contribution in [0.4, 0.5) is 0 Å². The first kappa shape index (κ1) is 20.5. The van der Waals surface area contributed by atoms with Crippen molar-refractivity contribution in [1.82, 2.24) is 0 Å². The first-order chi connectivity index (χ1) is 14.3. The van der Waals surface area contributed by atoms with Gasteiger partial charge in [-0.05, 0) is 103 Å². The van der Waals surface area contributed by atoms with E-state index < -0.39 is 0 Å². The van der Waals surface area contributed by atoms with E-state index in [0.717, 1.165) is 31.1 Å². The average molecular weight is 411 g/mol. The van der Waals surface area contributed by atoms with Crippen molar-refractivity contribution in [3.8, 4) is 0 Å². The van der Waals surface area contributed by atoms with Crippen molar-refractivity contribution >= 4 is 11.8 Å². The molecule has 0 saturated heterocycles. The molecular weight excluding hydrogens is 372 g/mol. The molecule has 164 valence electrons. The number of carbonyl (C=O) groups is 2. The fourth-order valence-electron chi connectivity index (χ4n) is 9.21. The fraction of sp³-hybridized carbons (Fsp3) is 0.778. The molecule has 5 rings (SSSR count). The second-order valence-corrected chi connectivity index (χ2v) is 11.4. The van der Waals surface area contributed by atoms with E-state index in [1.807, 2.05) is 13.0 Å². The van der Waals surface area contributed by atoms with E-state index in [0.29, 0.717) is 47.4 Å². The summed E-state index contributed by atoms with van der Waals surface area (Å²) in [4.78, 5) is 24.0. The van der Waals surface area contributed by atoms with E-state index >= 15 is 0 Å². The molecule has 5 aliphatic carbocycles. The van der Waals surface area contributed by atoms with E-state index in [1.165, 1.54) is 31.3 Å². The molecule has 0 aliphatic heterocycles. The first-order valence-electron chi connectivity index (χ1n) is 12.4. The number of hydrogen-bond acceptors (Lipinski definition) is 3. The molecule has 0 heterocycles. The van der Waals surface area contributed by atoms with Crippen molar-refractivity contribution in [2.75, 3.05) is 6.61 Å². The Kier molecular flexibility index (Phi) is 4.66. The van der Waals surface area contributed by atoms with Gasteiger partial charge < -0.3 is 4.74 Å². The summed E-state index contributed by atoms with van der Waals surface area (Å²) in [5.74, 6) is 3.77. The maximum absolute atomic E-state index is 12.0. The van der Waals surface area contributed by atoms with Gasteiger partial charge in [-0.1, -0.05) is 32.9 Å². The van der Waals surface area contributed by atoms with Crippen LogP contribution in [-0.2, 0) is 14.3 Å². The van der Waals surface area contributed by atoms with Crippen LogP contribution in [0, 0.1) is 45.8 Å². The maximum atomic E-state index is 12.0. The van der Waals surface area contributed by atoms with Gasteiger partial charge in [0.2, 0.25) is 0 Å². The molecule has 4 unspecified atom stereocenters. The SMILES string of the molecule is CCOC(=O)CCC1[C@@H](C)[C@]12CCC1C3C=CC4=CC(=O)CC[C@]4(C)C3CC[C@@]12C. The van der Waals surface area contributed by atoms with Crippen LogP contribution in [0.2, 0.25) is 0 Å². The summed E-state index contributed by atoms with van der Waals surface area (Å²) in [6.07, 6.45) is 15.3. The van der Waals surface area contributed by atoms with Crippen LogP contribution in [0.1, 0.15) is 79.1 Å². The molecule has 1 spiro atoms. The molecule has 0 aromatic rings. The second-order valence-electron chi connectivity index (χ2n) is 11.4. The molecule has 8 atom stereocenters. The largest absolute Gasteiger partial charge is 0.466 e. The standard InChI is InChI=1S/C27H38O3/c1-5-30-24(29)9-8-21-17(2)27(21)15-12-23-20-7-6-18-16-19(28)10-13-25(18,3)22(20)11-14-26(23,27)4/h6-7,16-17,20-23H,5,8-15H2,1-4H3/t17-,20?,21?,22?,23?,25+,26+,27-/m1/s1. The second kappa shape index (κ2) is 6.81. The van der Waals surface area contributed by atoms with Crippen LogP contribution in [0.25, 0.3) is 0 Å². The summed E-state index contributed by atoms with van der Waals surface area (Å²) in [5, 5.41) is 0. The molecular formula is C27H38O3. The third-order valence-electron chi connectivity index (χ3n) is 10.8. The van der Waals surface area contributed by atoms with E-state index in [9.17, 15) is 9.59 Å². The van der Waals surface area contributed by atoms with Crippen LogP contribution < -0.4 is 0 Å². The Labute approximate surface area is 181 Å². The van der Waals surface area contributed by atoms with Crippen molar-refractivity contribution in [2.24, 2.45) is 45.8 Å². The highest BCUT2D eigenvalue weighted by molar-refractivity contribution is 5.92. The van der Waals surface area contributed by atoms with Gasteiger partial charge in [-0.15, -0.1) is 0 Å². The lowest BCUT2D eigenvalue weighted by atomic mass is 9.48. The molecule has 3 saturated carbocycles. The van der Waals surface area contributed by atoms with Gasteiger partial charge in [0.1, 0.15) is 0 Å². The number of rotatable bonds is 4. The minimum absolute atomic E-state index is 0.0236. The Morgan fingerprint density at radius 3 is 2.70 bits per heavy atom. The van der Waals surface area contributed by atoms with Gasteiger partial charge in [-0.25, -0.2) is 0 Å². The van der Waals surface area contributed by atoms with E-state index in [1.54, 1.807) is 0 Å². The molecule has 0 amide bonds. The zero-order valence-corrected chi connectivity index (χ0v) is 19.2.